The predicted octanol–water partition coefficient (Wildman–Crippen LogP) is 4.17. The second-order valence-corrected chi connectivity index (χ2v) is 5.38. The Morgan fingerprint density at radius 1 is 1.24 bits per heavy atom. The molecular weight excluding hydrogens is 226 g/mol. The van der Waals surface area contributed by atoms with Crippen molar-refractivity contribution >= 4 is 18.3 Å². The highest BCUT2D eigenvalue weighted by Crippen LogP contribution is 2.30. The first-order chi connectivity index (χ1) is 8.06. The molecule has 0 saturated carbocycles. The Bertz CT molecular complexity index is 336. The lowest BCUT2D eigenvalue weighted by atomic mass is 9.84. The van der Waals surface area contributed by atoms with Crippen LogP contribution in [0.5, 0.6) is 0 Å². The van der Waals surface area contributed by atoms with Crippen molar-refractivity contribution in [3.05, 3.63) is 29.8 Å². The first-order valence-electron chi connectivity index (χ1n) is 6.45. The minimum absolute atomic E-state index is 0.335. The van der Waals surface area contributed by atoms with Crippen LogP contribution in [-0.2, 0) is 0 Å². The van der Waals surface area contributed by atoms with Crippen molar-refractivity contribution in [3.8, 4) is 0 Å². The van der Waals surface area contributed by atoms with Crippen molar-refractivity contribution in [1.82, 2.24) is 0 Å². The first kappa shape index (κ1) is 14.4. The Labute approximate surface area is 112 Å². The van der Waals surface area contributed by atoms with E-state index in [0.717, 1.165) is 12.3 Å². The van der Waals surface area contributed by atoms with Crippen LogP contribution in [0.2, 0.25) is 0 Å². The molecule has 0 aromatic heterocycles. The molecule has 1 nitrogen and oxygen atoms in total. The van der Waals surface area contributed by atoms with Crippen LogP contribution in [0.1, 0.15) is 32.3 Å². The molecule has 0 aliphatic heterocycles. The molecule has 0 aliphatic carbocycles. The number of thiol groups is 1. The number of hydrogen-bond acceptors (Lipinski definition) is 2. The molecule has 0 saturated heterocycles. The smallest absolute Gasteiger partial charge is 0.0366 e. The van der Waals surface area contributed by atoms with Crippen molar-refractivity contribution < 1.29 is 0 Å². The van der Waals surface area contributed by atoms with Gasteiger partial charge >= 0.3 is 0 Å². The van der Waals surface area contributed by atoms with Crippen LogP contribution in [0.3, 0.4) is 0 Å². The number of nitrogens with zero attached hydrogens (tertiary/aromatic N) is 1. The second kappa shape index (κ2) is 6.34. The van der Waals surface area contributed by atoms with Gasteiger partial charge in [-0.2, -0.15) is 12.6 Å². The molecule has 0 atom stereocenters. The largest absolute Gasteiger partial charge is 0.374 e. The lowest BCUT2D eigenvalue weighted by Gasteiger charge is -2.35. The molecule has 1 aromatic carbocycles. The normalized spacial score (nSPS) is 11.6. The van der Waals surface area contributed by atoms with Gasteiger partial charge < -0.3 is 4.90 Å². The van der Waals surface area contributed by atoms with Crippen molar-refractivity contribution in [2.24, 2.45) is 5.41 Å². The summed E-state index contributed by atoms with van der Waals surface area (Å²) in [5.41, 5.74) is 2.96. The van der Waals surface area contributed by atoms with Gasteiger partial charge in [-0.05, 0) is 48.6 Å². The number of hydrogen-bond donors (Lipinski definition) is 1. The van der Waals surface area contributed by atoms with Crippen LogP contribution in [0.4, 0.5) is 5.69 Å². The number of anilines is 1. The van der Waals surface area contributed by atoms with E-state index < -0.39 is 0 Å². The summed E-state index contributed by atoms with van der Waals surface area (Å²) < 4.78 is 0. The van der Waals surface area contributed by atoms with Crippen molar-refractivity contribution in [2.75, 3.05) is 24.2 Å². The van der Waals surface area contributed by atoms with Gasteiger partial charge in [0.2, 0.25) is 0 Å². The maximum Gasteiger partial charge on any atom is 0.0366 e. The summed E-state index contributed by atoms with van der Waals surface area (Å²) in [6.07, 6.45) is 2.37. The van der Waals surface area contributed by atoms with Gasteiger partial charge in [0.25, 0.3) is 0 Å². The fourth-order valence-corrected chi connectivity index (χ4v) is 2.75. The molecule has 2 heteroatoms. The zero-order valence-corrected chi connectivity index (χ0v) is 12.4. The van der Waals surface area contributed by atoms with E-state index in [9.17, 15) is 0 Å². The zero-order chi connectivity index (χ0) is 12.9. The van der Waals surface area contributed by atoms with E-state index in [-0.39, 0.29) is 0 Å². The predicted molar refractivity (Wildman–Crippen MR) is 81.3 cm³/mol. The lowest BCUT2D eigenvalue weighted by molar-refractivity contribution is 0.314. The summed E-state index contributed by atoms with van der Waals surface area (Å²) >= 11 is 4.54. The van der Waals surface area contributed by atoms with E-state index in [2.05, 4.69) is 69.6 Å². The second-order valence-electron chi connectivity index (χ2n) is 5.06. The summed E-state index contributed by atoms with van der Waals surface area (Å²) in [5.74, 6) is 0.955. The van der Waals surface area contributed by atoms with Crippen LogP contribution in [0.25, 0.3) is 0 Å². The topological polar surface area (TPSA) is 3.24 Å². The first-order valence-corrected chi connectivity index (χ1v) is 7.09. The molecule has 0 spiro atoms. The summed E-state index contributed by atoms with van der Waals surface area (Å²) in [7, 11) is 2.18. The molecular formula is C15H25NS. The highest BCUT2D eigenvalue weighted by Gasteiger charge is 2.26. The third kappa shape index (κ3) is 3.67. The molecule has 0 heterocycles. The fourth-order valence-electron chi connectivity index (χ4n) is 2.21. The highest BCUT2D eigenvalue weighted by atomic mass is 32.1. The molecule has 0 unspecified atom stereocenters. The van der Waals surface area contributed by atoms with Crippen LogP contribution in [-0.4, -0.2) is 19.3 Å². The molecule has 1 aromatic rings. The average molecular weight is 251 g/mol. The molecule has 0 fully saturated rings. The summed E-state index contributed by atoms with van der Waals surface area (Å²) in [6.45, 7) is 7.75. The van der Waals surface area contributed by atoms with Crippen molar-refractivity contribution in [3.63, 3.8) is 0 Å². The van der Waals surface area contributed by atoms with Gasteiger partial charge in [-0.15, -0.1) is 0 Å². The molecule has 0 N–H and O–H groups in total. The van der Waals surface area contributed by atoms with Gasteiger partial charge in [-0.3, -0.25) is 0 Å². The van der Waals surface area contributed by atoms with Crippen molar-refractivity contribution in [2.45, 2.75) is 33.6 Å². The Balaban J connectivity index is 2.80. The molecule has 17 heavy (non-hydrogen) atoms. The van der Waals surface area contributed by atoms with Gasteiger partial charge in [0, 0.05) is 19.3 Å². The number of benzene rings is 1. The Morgan fingerprint density at radius 3 is 2.35 bits per heavy atom. The van der Waals surface area contributed by atoms with E-state index in [1.54, 1.807) is 0 Å². The monoisotopic (exact) mass is 251 g/mol. The minimum atomic E-state index is 0.335. The molecule has 0 bridgehead atoms. The minimum Gasteiger partial charge on any atom is -0.374 e. The maximum absolute atomic E-state index is 4.54. The Hall–Kier alpha value is -0.630. The number of aryl methyl sites for hydroxylation is 1. The molecule has 0 amide bonds. The third-order valence-corrected chi connectivity index (χ3v) is 4.52. The lowest BCUT2D eigenvalue weighted by Crippen LogP contribution is -2.36. The Morgan fingerprint density at radius 2 is 1.88 bits per heavy atom. The fraction of sp³-hybridized carbons (Fsp3) is 0.600. The molecule has 0 radical (unpaired) electrons. The molecule has 1 rings (SSSR count). The van der Waals surface area contributed by atoms with Gasteiger partial charge in [0.15, 0.2) is 0 Å². The highest BCUT2D eigenvalue weighted by molar-refractivity contribution is 7.80. The van der Waals surface area contributed by atoms with Crippen LogP contribution in [0, 0.1) is 12.3 Å². The summed E-state index contributed by atoms with van der Waals surface area (Å²) in [6, 6.07) is 8.69. The van der Waals surface area contributed by atoms with Gasteiger partial charge in [-0.25, -0.2) is 0 Å². The van der Waals surface area contributed by atoms with Crippen LogP contribution in [0.15, 0.2) is 24.3 Å². The van der Waals surface area contributed by atoms with E-state index in [0.29, 0.717) is 5.41 Å². The number of rotatable bonds is 6. The van der Waals surface area contributed by atoms with Gasteiger partial charge in [0.05, 0.1) is 0 Å². The van der Waals surface area contributed by atoms with Crippen LogP contribution < -0.4 is 4.90 Å². The van der Waals surface area contributed by atoms with Crippen molar-refractivity contribution in [1.29, 1.82) is 0 Å². The maximum atomic E-state index is 4.54. The Kier molecular flexibility index (Phi) is 5.38. The quantitative estimate of drug-likeness (QED) is 0.743. The SMILES string of the molecule is CCC(CC)(CS)CN(C)c1cccc(C)c1. The standard InChI is InChI=1S/C15H25NS/c1-5-15(6-2,12-17)11-16(4)14-9-7-8-13(3)10-14/h7-10,17H,5-6,11-12H2,1-4H3. The zero-order valence-electron chi connectivity index (χ0n) is 11.5. The molecule has 96 valence electrons. The average Bonchev–Trinajstić information content (AvgIpc) is 2.36. The summed E-state index contributed by atoms with van der Waals surface area (Å²) in [4.78, 5) is 2.36. The van der Waals surface area contributed by atoms with Gasteiger partial charge in [-0.1, -0.05) is 26.0 Å². The third-order valence-electron chi connectivity index (χ3n) is 3.85. The van der Waals surface area contributed by atoms with Gasteiger partial charge in [0.1, 0.15) is 0 Å². The van der Waals surface area contributed by atoms with E-state index in [1.165, 1.54) is 24.1 Å². The summed E-state index contributed by atoms with van der Waals surface area (Å²) in [5, 5.41) is 0. The van der Waals surface area contributed by atoms with E-state index in [1.807, 2.05) is 0 Å². The van der Waals surface area contributed by atoms with Crippen LogP contribution >= 0.6 is 12.6 Å². The van der Waals surface area contributed by atoms with E-state index in [4.69, 9.17) is 0 Å². The van der Waals surface area contributed by atoms with E-state index >= 15 is 0 Å². The molecule has 0 aliphatic rings.